The molecule has 1 heterocycles. The van der Waals surface area contributed by atoms with Crippen molar-refractivity contribution in [1.29, 1.82) is 0 Å². The van der Waals surface area contributed by atoms with Crippen molar-refractivity contribution in [1.82, 2.24) is 10.2 Å². The molecule has 5 nitrogen and oxygen atoms in total. The lowest BCUT2D eigenvalue weighted by atomic mass is 9.95. The van der Waals surface area contributed by atoms with Crippen LogP contribution in [0.4, 0.5) is 0 Å². The van der Waals surface area contributed by atoms with Crippen molar-refractivity contribution < 1.29 is 14.3 Å². The van der Waals surface area contributed by atoms with Gasteiger partial charge in [-0.2, -0.15) is 0 Å². The van der Waals surface area contributed by atoms with E-state index in [1.807, 2.05) is 20.8 Å². The monoisotopic (exact) mass is 282 g/mol. The Morgan fingerprint density at radius 3 is 2.40 bits per heavy atom. The zero-order valence-electron chi connectivity index (χ0n) is 13.2. The van der Waals surface area contributed by atoms with Crippen molar-refractivity contribution in [3.8, 4) is 0 Å². The van der Waals surface area contributed by atoms with Gasteiger partial charge < -0.3 is 15.0 Å². The topological polar surface area (TPSA) is 58.6 Å². The van der Waals surface area contributed by atoms with E-state index >= 15 is 0 Å². The van der Waals surface area contributed by atoms with Crippen molar-refractivity contribution in [3.63, 3.8) is 0 Å². The molecular weight excluding hydrogens is 256 g/mol. The molecule has 1 atom stereocenters. The Morgan fingerprint density at radius 2 is 1.90 bits per heavy atom. The van der Waals surface area contributed by atoms with Crippen LogP contribution in [-0.4, -0.2) is 47.0 Å². The van der Waals surface area contributed by atoms with Gasteiger partial charge in [0.05, 0.1) is 12.2 Å². The van der Waals surface area contributed by atoms with E-state index in [0.717, 1.165) is 12.8 Å². The smallest absolute Gasteiger partial charge is 0.248 e. The van der Waals surface area contributed by atoms with E-state index in [-0.39, 0.29) is 23.5 Å². The molecule has 1 saturated carbocycles. The summed E-state index contributed by atoms with van der Waals surface area (Å²) < 4.78 is 5.71. The third-order valence-corrected chi connectivity index (χ3v) is 3.77. The molecule has 114 valence electrons. The molecule has 2 rings (SSSR count). The van der Waals surface area contributed by atoms with Gasteiger partial charge in [-0.05, 0) is 53.4 Å². The van der Waals surface area contributed by atoms with Crippen molar-refractivity contribution in [3.05, 3.63) is 0 Å². The van der Waals surface area contributed by atoms with Gasteiger partial charge in [0.2, 0.25) is 11.8 Å². The number of hydrogen-bond donors (Lipinski definition) is 1. The maximum absolute atomic E-state index is 12.5. The first-order chi connectivity index (χ1) is 9.12. The van der Waals surface area contributed by atoms with Crippen molar-refractivity contribution in [2.24, 2.45) is 5.92 Å². The van der Waals surface area contributed by atoms with Crippen LogP contribution in [0.3, 0.4) is 0 Å². The molecule has 0 radical (unpaired) electrons. The number of piperazine rings is 1. The molecule has 1 unspecified atom stereocenters. The molecular formula is C15H26N2O3. The fraction of sp³-hybridized carbons (Fsp3) is 0.867. The second-order valence-corrected chi connectivity index (χ2v) is 7.36. The number of rotatable bonds is 4. The van der Waals surface area contributed by atoms with Crippen molar-refractivity contribution in [2.75, 3.05) is 13.2 Å². The molecule has 2 fully saturated rings. The highest BCUT2D eigenvalue weighted by atomic mass is 16.5. The van der Waals surface area contributed by atoms with Crippen molar-refractivity contribution >= 4 is 11.8 Å². The van der Waals surface area contributed by atoms with E-state index in [2.05, 4.69) is 5.32 Å². The predicted octanol–water partition coefficient (Wildman–Crippen LogP) is 1.32. The minimum absolute atomic E-state index is 0.00786. The molecule has 0 aromatic rings. The number of amides is 2. The predicted molar refractivity (Wildman–Crippen MR) is 76.2 cm³/mol. The molecule has 5 heteroatoms. The molecule has 2 amide bonds. The Labute approximate surface area is 121 Å². The van der Waals surface area contributed by atoms with Crippen LogP contribution in [-0.2, 0) is 14.3 Å². The fourth-order valence-corrected chi connectivity index (χ4v) is 2.63. The maximum Gasteiger partial charge on any atom is 0.248 e. The highest BCUT2D eigenvalue weighted by molar-refractivity contribution is 5.99. The standard InChI is InChI=1S/C15H26N2O3/c1-14(2,3)20-9-8-17-11(10-6-7-10)12(18)16-15(4,5)13(17)19/h10-11H,6-9H2,1-5H3,(H,16,18). The van der Waals surface area contributed by atoms with Crippen LogP contribution in [0.1, 0.15) is 47.5 Å². The summed E-state index contributed by atoms with van der Waals surface area (Å²) in [6.07, 6.45) is 2.06. The van der Waals surface area contributed by atoms with Gasteiger partial charge in [-0.25, -0.2) is 0 Å². The SMILES string of the molecule is CC(C)(C)OCCN1C(=O)C(C)(C)NC(=O)C1C1CC1. The maximum atomic E-state index is 12.5. The average molecular weight is 282 g/mol. The summed E-state index contributed by atoms with van der Waals surface area (Å²) in [5.74, 6) is 0.295. The summed E-state index contributed by atoms with van der Waals surface area (Å²) >= 11 is 0. The van der Waals surface area contributed by atoms with Gasteiger partial charge in [-0.1, -0.05) is 0 Å². The number of carbonyl (C=O) groups excluding carboxylic acids is 2. The molecule has 0 spiro atoms. The molecule has 0 bridgehead atoms. The van der Waals surface area contributed by atoms with Crippen molar-refractivity contribution in [2.45, 2.75) is 64.6 Å². The van der Waals surface area contributed by atoms with E-state index in [1.54, 1.807) is 18.7 Å². The van der Waals surface area contributed by atoms with Gasteiger partial charge in [0.1, 0.15) is 11.6 Å². The highest BCUT2D eigenvalue weighted by Gasteiger charge is 2.50. The lowest BCUT2D eigenvalue weighted by molar-refractivity contribution is -0.156. The third-order valence-electron chi connectivity index (χ3n) is 3.77. The Balaban J connectivity index is 2.07. The largest absolute Gasteiger partial charge is 0.374 e. The Bertz CT molecular complexity index is 408. The first-order valence-electron chi connectivity index (χ1n) is 7.39. The zero-order chi connectivity index (χ0) is 15.1. The number of hydrogen-bond acceptors (Lipinski definition) is 3. The molecule has 20 heavy (non-hydrogen) atoms. The number of ether oxygens (including phenoxy) is 1. The van der Waals surface area contributed by atoms with Crippen LogP contribution in [0.15, 0.2) is 0 Å². The van der Waals surface area contributed by atoms with E-state index in [4.69, 9.17) is 4.74 Å². The van der Waals surface area contributed by atoms with E-state index in [1.165, 1.54) is 0 Å². The number of nitrogens with zero attached hydrogens (tertiary/aromatic N) is 1. The van der Waals surface area contributed by atoms with Gasteiger partial charge in [0, 0.05) is 6.54 Å². The quantitative estimate of drug-likeness (QED) is 0.846. The van der Waals surface area contributed by atoms with Crippen LogP contribution in [0, 0.1) is 5.92 Å². The Hall–Kier alpha value is -1.10. The van der Waals surface area contributed by atoms with Gasteiger partial charge in [-0.15, -0.1) is 0 Å². The van der Waals surface area contributed by atoms with E-state index in [0.29, 0.717) is 19.1 Å². The summed E-state index contributed by atoms with van der Waals surface area (Å²) in [6, 6.07) is -0.306. The molecule has 1 saturated heterocycles. The fourth-order valence-electron chi connectivity index (χ4n) is 2.63. The van der Waals surface area contributed by atoms with Gasteiger partial charge in [-0.3, -0.25) is 9.59 Å². The second-order valence-electron chi connectivity index (χ2n) is 7.36. The first-order valence-corrected chi connectivity index (χ1v) is 7.39. The molecule has 1 aliphatic heterocycles. The first kappa shape index (κ1) is 15.3. The lowest BCUT2D eigenvalue weighted by Crippen LogP contribution is -2.69. The zero-order valence-corrected chi connectivity index (χ0v) is 13.2. The van der Waals surface area contributed by atoms with E-state index < -0.39 is 5.54 Å². The minimum Gasteiger partial charge on any atom is -0.374 e. The van der Waals surface area contributed by atoms with Crippen LogP contribution in [0.2, 0.25) is 0 Å². The molecule has 1 aliphatic carbocycles. The summed E-state index contributed by atoms with van der Waals surface area (Å²) in [4.78, 5) is 26.5. The normalized spacial score (nSPS) is 26.6. The van der Waals surface area contributed by atoms with Gasteiger partial charge in [0.15, 0.2) is 0 Å². The van der Waals surface area contributed by atoms with Crippen LogP contribution in [0.5, 0.6) is 0 Å². The third kappa shape index (κ3) is 3.32. The van der Waals surface area contributed by atoms with Crippen LogP contribution in [0.25, 0.3) is 0 Å². The summed E-state index contributed by atoms with van der Waals surface area (Å²) in [5.41, 5.74) is -1.05. The number of nitrogens with one attached hydrogen (secondary N) is 1. The van der Waals surface area contributed by atoms with E-state index in [9.17, 15) is 9.59 Å². The average Bonchev–Trinajstić information content (AvgIpc) is 3.06. The second kappa shape index (κ2) is 5.02. The molecule has 0 aromatic heterocycles. The van der Waals surface area contributed by atoms with Gasteiger partial charge in [0.25, 0.3) is 0 Å². The molecule has 1 N–H and O–H groups in total. The summed E-state index contributed by atoms with van der Waals surface area (Å²) in [7, 11) is 0. The Morgan fingerprint density at radius 1 is 1.30 bits per heavy atom. The van der Waals surface area contributed by atoms with Crippen LogP contribution >= 0.6 is 0 Å². The number of carbonyl (C=O) groups is 2. The minimum atomic E-state index is -0.815. The highest BCUT2D eigenvalue weighted by Crippen LogP contribution is 2.38. The van der Waals surface area contributed by atoms with Gasteiger partial charge >= 0.3 is 0 Å². The molecule has 2 aliphatic rings. The molecule has 0 aromatic carbocycles. The summed E-state index contributed by atoms with van der Waals surface area (Å²) in [6.45, 7) is 10.4. The van der Waals surface area contributed by atoms with Crippen LogP contribution < -0.4 is 5.32 Å². The summed E-state index contributed by atoms with van der Waals surface area (Å²) in [5, 5.41) is 2.84. The lowest BCUT2D eigenvalue weighted by Gasteiger charge is -2.43. The Kier molecular flexibility index (Phi) is 3.84.